The van der Waals surface area contributed by atoms with Crippen LogP contribution in [0.25, 0.3) is 0 Å². The van der Waals surface area contributed by atoms with Crippen LogP contribution in [0.3, 0.4) is 0 Å². The molecule has 1 heterocycles. The second-order valence-electron chi connectivity index (χ2n) is 3.84. The van der Waals surface area contributed by atoms with Crippen molar-refractivity contribution >= 4 is 27.5 Å². The van der Waals surface area contributed by atoms with Crippen LogP contribution in [0.2, 0.25) is 0 Å². The Kier molecular flexibility index (Phi) is 5.02. The average molecular weight is 327 g/mol. The van der Waals surface area contributed by atoms with Gasteiger partial charge in [0.15, 0.2) is 0 Å². The largest absolute Gasteiger partial charge is 0.493 e. The highest BCUT2D eigenvalue weighted by atomic mass is 79.9. The van der Waals surface area contributed by atoms with E-state index in [0.29, 0.717) is 12.5 Å². The minimum atomic E-state index is 0.448. The van der Waals surface area contributed by atoms with E-state index in [2.05, 4.69) is 20.9 Å². The van der Waals surface area contributed by atoms with E-state index >= 15 is 0 Å². The minimum absolute atomic E-state index is 0.448. The summed E-state index contributed by atoms with van der Waals surface area (Å²) in [7, 11) is 0. The highest BCUT2D eigenvalue weighted by Crippen LogP contribution is 2.24. The third kappa shape index (κ3) is 3.72. The highest BCUT2D eigenvalue weighted by Gasteiger charge is 2.03. The van der Waals surface area contributed by atoms with Crippen LogP contribution in [-0.2, 0) is 12.3 Å². The Morgan fingerprint density at radius 3 is 2.67 bits per heavy atom. The van der Waals surface area contributed by atoms with Gasteiger partial charge in [0.05, 0.1) is 12.5 Å². The zero-order valence-electron chi connectivity index (χ0n) is 9.77. The molecular weight excluding hydrogens is 314 g/mol. The van der Waals surface area contributed by atoms with Crippen LogP contribution in [-0.4, -0.2) is 11.6 Å². The molecule has 0 bridgehead atoms. The fraction of sp³-hybridized carbons (Fsp3) is 0.214. The van der Waals surface area contributed by atoms with Gasteiger partial charge in [0, 0.05) is 28.9 Å². The molecule has 4 heteroatoms. The van der Waals surface area contributed by atoms with Gasteiger partial charge in [-0.2, -0.15) is 0 Å². The maximum absolute atomic E-state index is 5.89. The zero-order valence-corrected chi connectivity index (χ0v) is 12.1. The number of aromatic nitrogens is 1. The Hall–Kier alpha value is -1.06. The summed E-state index contributed by atoms with van der Waals surface area (Å²) >= 11 is 9.31. The number of alkyl halides is 1. The molecule has 0 N–H and O–H groups in total. The number of rotatable bonds is 5. The summed E-state index contributed by atoms with van der Waals surface area (Å²) in [6.45, 7) is 0.634. The van der Waals surface area contributed by atoms with Gasteiger partial charge in [-0.15, -0.1) is 11.6 Å². The number of halogens is 2. The normalized spacial score (nSPS) is 10.3. The molecule has 2 nitrogen and oxygen atoms in total. The van der Waals surface area contributed by atoms with Crippen molar-refractivity contribution in [1.29, 1.82) is 0 Å². The third-order valence-corrected chi connectivity index (χ3v) is 3.35. The molecule has 2 aromatic rings. The topological polar surface area (TPSA) is 22.1 Å². The standard InChI is InChI=1S/C14H13BrClNO/c15-13-1-2-14(12(9-13)10-16)18-8-5-11-3-6-17-7-4-11/h1-4,6-7,9H,5,8,10H2. The minimum Gasteiger partial charge on any atom is -0.493 e. The predicted molar refractivity (Wildman–Crippen MR) is 77.1 cm³/mol. The van der Waals surface area contributed by atoms with Crippen molar-refractivity contribution in [1.82, 2.24) is 4.98 Å². The van der Waals surface area contributed by atoms with E-state index in [4.69, 9.17) is 16.3 Å². The fourth-order valence-corrected chi connectivity index (χ4v) is 2.24. The van der Waals surface area contributed by atoms with E-state index in [9.17, 15) is 0 Å². The lowest BCUT2D eigenvalue weighted by Gasteiger charge is -2.10. The first-order valence-electron chi connectivity index (χ1n) is 5.65. The van der Waals surface area contributed by atoms with Crippen LogP contribution < -0.4 is 4.74 Å². The zero-order chi connectivity index (χ0) is 12.8. The van der Waals surface area contributed by atoms with E-state index in [0.717, 1.165) is 22.2 Å². The number of pyridine rings is 1. The second kappa shape index (κ2) is 6.76. The van der Waals surface area contributed by atoms with Gasteiger partial charge in [-0.25, -0.2) is 0 Å². The van der Waals surface area contributed by atoms with Crippen LogP contribution in [0.4, 0.5) is 0 Å². The molecular formula is C14H13BrClNO. The molecule has 2 rings (SSSR count). The number of ether oxygens (including phenoxy) is 1. The molecule has 0 saturated heterocycles. The summed E-state index contributed by atoms with van der Waals surface area (Å²) in [6, 6.07) is 9.86. The first-order chi connectivity index (χ1) is 8.79. The van der Waals surface area contributed by atoms with Gasteiger partial charge in [0.2, 0.25) is 0 Å². The first kappa shape index (κ1) is 13.4. The third-order valence-electron chi connectivity index (χ3n) is 2.56. The van der Waals surface area contributed by atoms with E-state index < -0.39 is 0 Å². The summed E-state index contributed by atoms with van der Waals surface area (Å²) in [5.41, 5.74) is 2.22. The van der Waals surface area contributed by atoms with Crippen LogP contribution >= 0.6 is 27.5 Å². The lowest BCUT2D eigenvalue weighted by atomic mass is 10.2. The molecule has 0 spiro atoms. The van der Waals surface area contributed by atoms with Crippen molar-refractivity contribution in [2.24, 2.45) is 0 Å². The molecule has 0 saturated carbocycles. The molecule has 1 aromatic heterocycles. The van der Waals surface area contributed by atoms with Crippen molar-refractivity contribution in [2.45, 2.75) is 12.3 Å². The summed E-state index contributed by atoms with van der Waals surface area (Å²) in [5.74, 6) is 1.30. The first-order valence-corrected chi connectivity index (χ1v) is 6.98. The maximum Gasteiger partial charge on any atom is 0.123 e. The molecule has 0 aliphatic rings. The summed E-state index contributed by atoms with van der Waals surface area (Å²) in [6.07, 6.45) is 4.44. The Balaban J connectivity index is 1.94. The van der Waals surface area contributed by atoms with Gasteiger partial charge in [-0.05, 0) is 35.9 Å². The molecule has 94 valence electrons. The lowest BCUT2D eigenvalue weighted by Crippen LogP contribution is -2.03. The average Bonchev–Trinajstić information content (AvgIpc) is 2.41. The predicted octanol–water partition coefficient (Wildman–Crippen LogP) is 4.20. The quantitative estimate of drug-likeness (QED) is 0.768. The molecule has 0 amide bonds. The van der Waals surface area contributed by atoms with Crippen molar-refractivity contribution in [3.63, 3.8) is 0 Å². The maximum atomic E-state index is 5.89. The van der Waals surface area contributed by atoms with E-state index in [1.54, 1.807) is 12.4 Å². The molecule has 1 aromatic carbocycles. The van der Waals surface area contributed by atoms with Gasteiger partial charge in [-0.1, -0.05) is 15.9 Å². The van der Waals surface area contributed by atoms with Gasteiger partial charge in [0.1, 0.15) is 5.75 Å². The smallest absolute Gasteiger partial charge is 0.123 e. The molecule has 0 radical (unpaired) electrons. The number of hydrogen-bond acceptors (Lipinski definition) is 2. The van der Waals surface area contributed by atoms with Crippen LogP contribution in [0.5, 0.6) is 5.75 Å². The Bertz CT molecular complexity index is 504. The second-order valence-corrected chi connectivity index (χ2v) is 5.02. The Labute approximate surface area is 120 Å². The molecule has 0 fully saturated rings. The fourth-order valence-electron chi connectivity index (χ4n) is 1.62. The van der Waals surface area contributed by atoms with Gasteiger partial charge in [-0.3, -0.25) is 4.98 Å². The molecule has 0 aliphatic heterocycles. The monoisotopic (exact) mass is 325 g/mol. The van der Waals surface area contributed by atoms with Crippen LogP contribution in [0.1, 0.15) is 11.1 Å². The molecule has 18 heavy (non-hydrogen) atoms. The Morgan fingerprint density at radius 2 is 1.94 bits per heavy atom. The molecule has 0 aliphatic carbocycles. The van der Waals surface area contributed by atoms with Crippen LogP contribution in [0.15, 0.2) is 47.2 Å². The number of nitrogens with zero attached hydrogens (tertiary/aromatic N) is 1. The highest BCUT2D eigenvalue weighted by molar-refractivity contribution is 9.10. The van der Waals surface area contributed by atoms with Gasteiger partial charge >= 0.3 is 0 Å². The van der Waals surface area contributed by atoms with Gasteiger partial charge in [0.25, 0.3) is 0 Å². The van der Waals surface area contributed by atoms with Crippen molar-refractivity contribution in [3.05, 3.63) is 58.3 Å². The van der Waals surface area contributed by atoms with Gasteiger partial charge < -0.3 is 4.74 Å². The van der Waals surface area contributed by atoms with Crippen molar-refractivity contribution in [2.75, 3.05) is 6.61 Å². The van der Waals surface area contributed by atoms with Crippen molar-refractivity contribution < 1.29 is 4.74 Å². The summed E-state index contributed by atoms with van der Waals surface area (Å²) in [5, 5.41) is 0. The number of hydrogen-bond donors (Lipinski definition) is 0. The van der Waals surface area contributed by atoms with E-state index in [1.165, 1.54) is 5.56 Å². The summed E-state index contributed by atoms with van der Waals surface area (Å²) in [4.78, 5) is 3.99. The van der Waals surface area contributed by atoms with E-state index in [1.807, 2.05) is 30.3 Å². The Morgan fingerprint density at radius 1 is 1.17 bits per heavy atom. The van der Waals surface area contributed by atoms with Crippen molar-refractivity contribution in [3.8, 4) is 5.75 Å². The molecule has 0 atom stereocenters. The lowest BCUT2D eigenvalue weighted by molar-refractivity contribution is 0.319. The van der Waals surface area contributed by atoms with E-state index in [-0.39, 0.29) is 0 Å². The SMILES string of the molecule is ClCc1cc(Br)ccc1OCCc1ccncc1. The molecule has 0 unspecified atom stereocenters. The summed E-state index contributed by atoms with van der Waals surface area (Å²) < 4.78 is 6.77. The number of benzene rings is 1. The van der Waals surface area contributed by atoms with Crippen LogP contribution in [0, 0.1) is 0 Å².